The van der Waals surface area contributed by atoms with Crippen LogP contribution in [0.4, 0.5) is 0 Å². The molecular formula is C13H21NOS. The van der Waals surface area contributed by atoms with Crippen molar-refractivity contribution in [1.82, 2.24) is 5.32 Å². The maximum atomic E-state index is 11.5. The maximum absolute atomic E-state index is 11.5. The lowest BCUT2D eigenvalue weighted by Crippen LogP contribution is -2.23. The van der Waals surface area contributed by atoms with E-state index in [0.717, 1.165) is 0 Å². The summed E-state index contributed by atoms with van der Waals surface area (Å²) < 4.78 is 0. The lowest BCUT2D eigenvalue weighted by Gasteiger charge is -2.05. The second kappa shape index (κ2) is 6.04. The molecule has 2 nitrogen and oxygen atoms in total. The zero-order valence-corrected chi connectivity index (χ0v) is 11.4. The van der Waals surface area contributed by atoms with E-state index in [4.69, 9.17) is 0 Å². The van der Waals surface area contributed by atoms with Crippen molar-refractivity contribution in [3.63, 3.8) is 0 Å². The number of nitrogens with one attached hydrogen (secondary N) is 1. The number of thiophene rings is 1. The van der Waals surface area contributed by atoms with E-state index in [1.165, 1.54) is 9.75 Å². The van der Waals surface area contributed by atoms with Gasteiger partial charge in [-0.05, 0) is 24.0 Å². The lowest BCUT2D eigenvalue weighted by molar-refractivity contribution is -0.121. The van der Waals surface area contributed by atoms with Crippen LogP contribution in [0.25, 0.3) is 0 Å². The van der Waals surface area contributed by atoms with Gasteiger partial charge >= 0.3 is 0 Å². The highest BCUT2D eigenvalue weighted by Crippen LogP contribution is 2.23. The molecule has 1 aromatic rings. The van der Waals surface area contributed by atoms with E-state index < -0.39 is 0 Å². The van der Waals surface area contributed by atoms with Gasteiger partial charge in [-0.1, -0.05) is 27.7 Å². The van der Waals surface area contributed by atoms with Gasteiger partial charge < -0.3 is 5.32 Å². The summed E-state index contributed by atoms with van der Waals surface area (Å²) in [5.41, 5.74) is 0. The molecule has 0 aromatic carbocycles. The van der Waals surface area contributed by atoms with Crippen LogP contribution in [0.2, 0.25) is 0 Å². The predicted octanol–water partition coefficient (Wildman–Crippen LogP) is 3.53. The van der Waals surface area contributed by atoms with Crippen LogP contribution in [0.15, 0.2) is 12.1 Å². The smallest absolute Gasteiger partial charge is 0.220 e. The van der Waals surface area contributed by atoms with Gasteiger partial charge in [-0.15, -0.1) is 11.3 Å². The minimum atomic E-state index is 0.148. The Morgan fingerprint density at radius 3 is 2.50 bits per heavy atom. The zero-order chi connectivity index (χ0) is 12.1. The largest absolute Gasteiger partial charge is 0.351 e. The van der Waals surface area contributed by atoms with Crippen molar-refractivity contribution in [3.8, 4) is 0 Å². The summed E-state index contributed by atoms with van der Waals surface area (Å²) >= 11 is 1.79. The molecule has 0 bridgehead atoms. The fraction of sp³-hybridized carbons (Fsp3) is 0.615. The molecule has 0 saturated heterocycles. The highest BCUT2D eigenvalue weighted by Gasteiger charge is 2.07. The molecule has 90 valence electrons. The SMILES string of the molecule is CC(C)CC(=O)NCc1ccc(C(C)C)s1. The van der Waals surface area contributed by atoms with Crippen LogP contribution in [0, 0.1) is 5.92 Å². The zero-order valence-electron chi connectivity index (χ0n) is 10.5. The van der Waals surface area contributed by atoms with Crippen LogP contribution in [0.3, 0.4) is 0 Å². The van der Waals surface area contributed by atoms with Gasteiger partial charge in [-0.2, -0.15) is 0 Å². The Morgan fingerprint density at radius 2 is 2.00 bits per heavy atom. The van der Waals surface area contributed by atoms with Gasteiger partial charge in [0.2, 0.25) is 5.91 Å². The van der Waals surface area contributed by atoms with Gasteiger partial charge in [0.05, 0.1) is 6.54 Å². The van der Waals surface area contributed by atoms with Crippen LogP contribution in [-0.4, -0.2) is 5.91 Å². The number of amides is 1. The van der Waals surface area contributed by atoms with Gasteiger partial charge in [0.25, 0.3) is 0 Å². The fourth-order valence-electron chi connectivity index (χ4n) is 1.43. The van der Waals surface area contributed by atoms with E-state index >= 15 is 0 Å². The summed E-state index contributed by atoms with van der Waals surface area (Å²) in [6.45, 7) is 9.16. The highest BCUT2D eigenvalue weighted by atomic mass is 32.1. The summed E-state index contributed by atoms with van der Waals surface area (Å²) in [5.74, 6) is 1.15. The van der Waals surface area contributed by atoms with E-state index in [1.54, 1.807) is 11.3 Å². The second-order valence-corrected chi connectivity index (χ2v) is 6.03. The molecule has 1 aromatic heterocycles. The maximum Gasteiger partial charge on any atom is 0.220 e. The summed E-state index contributed by atoms with van der Waals surface area (Å²) in [5, 5.41) is 2.95. The molecule has 1 rings (SSSR count). The Labute approximate surface area is 102 Å². The number of hydrogen-bond acceptors (Lipinski definition) is 2. The molecular weight excluding hydrogens is 218 g/mol. The molecule has 0 aliphatic rings. The first-order valence-corrected chi connectivity index (χ1v) is 6.66. The number of hydrogen-bond donors (Lipinski definition) is 1. The predicted molar refractivity (Wildman–Crippen MR) is 69.7 cm³/mol. The molecule has 1 amide bonds. The van der Waals surface area contributed by atoms with Crippen LogP contribution < -0.4 is 5.32 Å². The molecule has 0 fully saturated rings. The Morgan fingerprint density at radius 1 is 1.31 bits per heavy atom. The first-order valence-electron chi connectivity index (χ1n) is 5.84. The summed E-state index contributed by atoms with van der Waals surface area (Å²) in [7, 11) is 0. The van der Waals surface area contributed by atoms with Crippen molar-refractivity contribution in [2.45, 2.75) is 46.6 Å². The molecule has 0 saturated carbocycles. The Hall–Kier alpha value is -0.830. The molecule has 0 radical (unpaired) electrons. The molecule has 0 unspecified atom stereocenters. The van der Waals surface area contributed by atoms with Crippen molar-refractivity contribution in [2.24, 2.45) is 5.92 Å². The molecule has 0 spiro atoms. The van der Waals surface area contributed by atoms with Crippen molar-refractivity contribution >= 4 is 17.2 Å². The molecule has 0 aliphatic carbocycles. The lowest BCUT2D eigenvalue weighted by atomic mass is 10.1. The van der Waals surface area contributed by atoms with Crippen LogP contribution in [-0.2, 0) is 11.3 Å². The van der Waals surface area contributed by atoms with Crippen molar-refractivity contribution in [3.05, 3.63) is 21.9 Å². The Bertz CT molecular complexity index is 341. The van der Waals surface area contributed by atoms with Crippen LogP contribution >= 0.6 is 11.3 Å². The minimum absolute atomic E-state index is 0.148. The summed E-state index contributed by atoms with van der Waals surface area (Å²) in [4.78, 5) is 14.1. The van der Waals surface area contributed by atoms with E-state index in [2.05, 4.69) is 45.1 Å². The molecule has 1 N–H and O–H groups in total. The average Bonchev–Trinajstić information content (AvgIpc) is 2.61. The second-order valence-electron chi connectivity index (χ2n) is 4.83. The number of rotatable bonds is 5. The molecule has 0 atom stereocenters. The van der Waals surface area contributed by atoms with Gasteiger partial charge in [0.15, 0.2) is 0 Å². The van der Waals surface area contributed by atoms with Gasteiger partial charge in [-0.3, -0.25) is 4.79 Å². The van der Waals surface area contributed by atoms with E-state index in [-0.39, 0.29) is 5.91 Å². The number of carbonyl (C=O) groups excluding carboxylic acids is 1. The normalized spacial score (nSPS) is 11.1. The first kappa shape index (κ1) is 13.2. The standard InChI is InChI=1S/C13H21NOS/c1-9(2)7-13(15)14-8-11-5-6-12(16-11)10(3)4/h5-6,9-10H,7-8H2,1-4H3,(H,14,15). The summed E-state index contributed by atoms with van der Waals surface area (Å²) in [6.07, 6.45) is 0.614. The highest BCUT2D eigenvalue weighted by molar-refractivity contribution is 7.12. The minimum Gasteiger partial charge on any atom is -0.351 e. The quantitative estimate of drug-likeness (QED) is 0.836. The topological polar surface area (TPSA) is 29.1 Å². The fourth-order valence-corrected chi connectivity index (χ4v) is 2.38. The molecule has 16 heavy (non-hydrogen) atoms. The molecule has 3 heteroatoms. The third kappa shape index (κ3) is 4.35. The van der Waals surface area contributed by atoms with Crippen molar-refractivity contribution in [2.75, 3.05) is 0 Å². The van der Waals surface area contributed by atoms with Crippen molar-refractivity contribution in [1.29, 1.82) is 0 Å². The Balaban J connectivity index is 2.39. The first-order chi connectivity index (χ1) is 7.49. The van der Waals surface area contributed by atoms with Gasteiger partial charge in [0, 0.05) is 16.2 Å². The third-order valence-corrected chi connectivity index (χ3v) is 3.69. The van der Waals surface area contributed by atoms with Crippen LogP contribution in [0.5, 0.6) is 0 Å². The van der Waals surface area contributed by atoms with Gasteiger partial charge in [0.1, 0.15) is 0 Å². The monoisotopic (exact) mass is 239 g/mol. The third-order valence-electron chi connectivity index (χ3n) is 2.30. The van der Waals surface area contributed by atoms with E-state index in [0.29, 0.717) is 24.8 Å². The average molecular weight is 239 g/mol. The molecule has 0 aliphatic heterocycles. The number of carbonyl (C=O) groups is 1. The van der Waals surface area contributed by atoms with E-state index in [9.17, 15) is 4.79 Å². The summed E-state index contributed by atoms with van der Waals surface area (Å²) in [6, 6.07) is 4.26. The van der Waals surface area contributed by atoms with Gasteiger partial charge in [-0.25, -0.2) is 0 Å². The Kier molecular flexibility index (Phi) is 5.00. The van der Waals surface area contributed by atoms with Crippen molar-refractivity contribution < 1.29 is 4.79 Å². The molecule has 1 heterocycles. The van der Waals surface area contributed by atoms with Crippen LogP contribution in [0.1, 0.15) is 49.8 Å². The van der Waals surface area contributed by atoms with E-state index in [1.807, 2.05) is 0 Å².